The highest BCUT2D eigenvalue weighted by molar-refractivity contribution is 5.90. The monoisotopic (exact) mass is 302 g/mol. The first-order valence-corrected chi connectivity index (χ1v) is 7.43. The SMILES string of the molecule is NCNCc1ccc(C#Cc2c(N)ncc3ccccc23)cc1. The highest BCUT2D eigenvalue weighted by Crippen LogP contribution is 2.21. The number of pyridine rings is 1. The van der Waals surface area contributed by atoms with Crippen LogP contribution in [0.15, 0.2) is 54.7 Å². The third-order valence-corrected chi connectivity index (χ3v) is 3.59. The topological polar surface area (TPSA) is 77.0 Å². The molecular formula is C19H18N4. The van der Waals surface area contributed by atoms with Crippen LogP contribution < -0.4 is 16.8 Å². The number of aromatic nitrogens is 1. The zero-order chi connectivity index (χ0) is 16.1. The second kappa shape index (κ2) is 6.93. The Hall–Kier alpha value is -2.87. The Kier molecular flexibility index (Phi) is 4.53. The summed E-state index contributed by atoms with van der Waals surface area (Å²) < 4.78 is 0. The number of rotatable bonds is 3. The lowest BCUT2D eigenvalue weighted by molar-refractivity contribution is 0.709. The average molecular weight is 302 g/mol. The summed E-state index contributed by atoms with van der Waals surface area (Å²) in [6.07, 6.45) is 1.77. The summed E-state index contributed by atoms with van der Waals surface area (Å²) in [5, 5.41) is 5.15. The molecule has 23 heavy (non-hydrogen) atoms. The quantitative estimate of drug-likeness (QED) is 0.512. The third kappa shape index (κ3) is 3.49. The first-order chi connectivity index (χ1) is 11.3. The molecule has 0 amide bonds. The van der Waals surface area contributed by atoms with Gasteiger partial charge in [0.05, 0.1) is 5.56 Å². The number of nitrogens with two attached hydrogens (primary N) is 2. The lowest BCUT2D eigenvalue weighted by Gasteiger charge is -2.03. The van der Waals surface area contributed by atoms with Gasteiger partial charge in [0, 0.05) is 35.7 Å². The van der Waals surface area contributed by atoms with Gasteiger partial charge in [-0.3, -0.25) is 0 Å². The van der Waals surface area contributed by atoms with E-state index in [0.29, 0.717) is 12.5 Å². The van der Waals surface area contributed by atoms with Crippen LogP contribution in [0.3, 0.4) is 0 Å². The molecule has 4 heteroatoms. The normalized spacial score (nSPS) is 10.3. The van der Waals surface area contributed by atoms with Crippen molar-refractivity contribution < 1.29 is 0 Å². The van der Waals surface area contributed by atoms with Gasteiger partial charge in [0.1, 0.15) is 5.82 Å². The number of hydrogen-bond donors (Lipinski definition) is 3. The van der Waals surface area contributed by atoms with Crippen LogP contribution in [0.2, 0.25) is 0 Å². The first kappa shape index (κ1) is 15.0. The van der Waals surface area contributed by atoms with E-state index in [1.165, 1.54) is 5.56 Å². The van der Waals surface area contributed by atoms with Gasteiger partial charge in [-0.25, -0.2) is 4.98 Å². The zero-order valence-corrected chi connectivity index (χ0v) is 12.7. The molecule has 0 saturated carbocycles. The van der Waals surface area contributed by atoms with Gasteiger partial charge < -0.3 is 16.8 Å². The van der Waals surface area contributed by atoms with Gasteiger partial charge >= 0.3 is 0 Å². The molecule has 114 valence electrons. The summed E-state index contributed by atoms with van der Waals surface area (Å²) in [6.45, 7) is 1.22. The van der Waals surface area contributed by atoms with Crippen molar-refractivity contribution in [2.75, 3.05) is 12.4 Å². The number of hydrogen-bond acceptors (Lipinski definition) is 4. The number of fused-ring (bicyclic) bond motifs is 1. The molecule has 0 saturated heterocycles. The van der Waals surface area contributed by atoms with Crippen molar-refractivity contribution in [3.8, 4) is 11.8 Å². The second-order valence-corrected chi connectivity index (χ2v) is 5.18. The molecule has 5 N–H and O–H groups in total. The Labute approximate surface area is 135 Å². The predicted molar refractivity (Wildman–Crippen MR) is 94.5 cm³/mol. The summed E-state index contributed by atoms with van der Waals surface area (Å²) >= 11 is 0. The van der Waals surface area contributed by atoms with Gasteiger partial charge in [0.25, 0.3) is 0 Å². The van der Waals surface area contributed by atoms with Crippen LogP contribution >= 0.6 is 0 Å². The Morgan fingerprint density at radius 1 is 1.00 bits per heavy atom. The van der Waals surface area contributed by atoms with Gasteiger partial charge in [-0.05, 0) is 17.7 Å². The van der Waals surface area contributed by atoms with Crippen LogP contribution in [-0.2, 0) is 6.54 Å². The molecule has 0 aliphatic carbocycles. The van der Waals surface area contributed by atoms with Gasteiger partial charge in [-0.1, -0.05) is 48.2 Å². The number of benzene rings is 2. The Bertz CT molecular complexity index is 873. The van der Waals surface area contributed by atoms with Crippen molar-refractivity contribution in [2.24, 2.45) is 5.73 Å². The molecule has 2 aromatic carbocycles. The molecule has 0 spiro atoms. The van der Waals surface area contributed by atoms with E-state index in [1.807, 2.05) is 48.5 Å². The van der Waals surface area contributed by atoms with Gasteiger partial charge in [-0.2, -0.15) is 0 Å². The van der Waals surface area contributed by atoms with Crippen LogP contribution in [0.4, 0.5) is 5.82 Å². The van der Waals surface area contributed by atoms with E-state index >= 15 is 0 Å². The Morgan fingerprint density at radius 2 is 1.78 bits per heavy atom. The van der Waals surface area contributed by atoms with Crippen molar-refractivity contribution in [2.45, 2.75) is 6.54 Å². The highest BCUT2D eigenvalue weighted by atomic mass is 14.9. The van der Waals surface area contributed by atoms with Crippen LogP contribution in [0.5, 0.6) is 0 Å². The maximum Gasteiger partial charge on any atom is 0.139 e. The highest BCUT2D eigenvalue weighted by Gasteiger charge is 2.03. The van der Waals surface area contributed by atoms with E-state index in [1.54, 1.807) is 6.20 Å². The molecule has 0 aliphatic rings. The Morgan fingerprint density at radius 3 is 2.57 bits per heavy atom. The minimum atomic E-state index is 0.458. The van der Waals surface area contributed by atoms with E-state index in [4.69, 9.17) is 11.5 Å². The molecule has 1 aromatic heterocycles. The number of anilines is 1. The molecule has 0 aliphatic heterocycles. The Balaban J connectivity index is 1.91. The van der Waals surface area contributed by atoms with E-state index in [2.05, 4.69) is 22.1 Å². The van der Waals surface area contributed by atoms with Gasteiger partial charge in [-0.15, -0.1) is 0 Å². The maximum atomic E-state index is 6.00. The van der Waals surface area contributed by atoms with Gasteiger partial charge in [0.15, 0.2) is 0 Å². The van der Waals surface area contributed by atoms with Crippen LogP contribution in [0.25, 0.3) is 10.8 Å². The summed E-state index contributed by atoms with van der Waals surface area (Å²) in [7, 11) is 0. The third-order valence-electron chi connectivity index (χ3n) is 3.59. The van der Waals surface area contributed by atoms with Gasteiger partial charge in [0.2, 0.25) is 0 Å². The lowest BCUT2D eigenvalue weighted by Crippen LogP contribution is -2.21. The van der Waals surface area contributed by atoms with Crippen molar-refractivity contribution >= 4 is 16.6 Å². The summed E-state index contributed by atoms with van der Waals surface area (Å²) in [4.78, 5) is 4.22. The molecule has 0 bridgehead atoms. The molecule has 4 nitrogen and oxygen atoms in total. The fraction of sp³-hybridized carbons (Fsp3) is 0.105. The first-order valence-electron chi connectivity index (χ1n) is 7.43. The van der Waals surface area contributed by atoms with Crippen molar-refractivity contribution in [1.82, 2.24) is 10.3 Å². The molecule has 0 fully saturated rings. The number of nitrogen functional groups attached to an aromatic ring is 1. The average Bonchev–Trinajstić information content (AvgIpc) is 2.60. The second-order valence-electron chi connectivity index (χ2n) is 5.18. The van der Waals surface area contributed by atoms with Crippen molar-refractivity contribution in [3.63, 3.8) is 0 Å². The zero-order valence-electron chi connectivity index (χ0n) is 12.7. The minimum absolute atomic E-state index is 0.458. The molecule has 3 aromatic rings. The fourth-order valence-corrected chi connectivity index (χ4v) is 2.37. The predicted octanol–water partition coefficient (Wildman–Crippen LogP) is 2.22. The molecule has 0 atom stereocenters. The summed E-state index contributed by atoms with van der Waals surface area (Å²) in [5.41, 5.74) is 14.3. The molecule has 0 unspecified atom stereocenters. The van der Waals surface area contributed by atoms with Crippen molar-refractivity contribution in [1.29, 1.82) is 0 Å². The van der Waals surface area contributed by atoms with Crippen LogP contribution in [0.1, 0.15) is 16.7 Å². The fourth-order valence-electron chi connectivity index (χ4n) is 2.37. The largest absolute Gasteiger partial charge is 0.383 e. The van der Waals surface area contributed by atoms with E-state index in [0.717, 1.165) is 28.4 Å². The van der Waals surface area contributed by atoms with E-state index < -0.39 is 0 Å². The van der Waals surface area contributed by atoms with E-state index in [-0.39, 0.29) is 0 Å². The maximum absolute atomic E-state index is 6.00. The summed E-state index contributed by atoms with van der Waals surface area (Å²) in [6, 6.07) is 16.0. The molecule has 0 radical (unpaired) electrons. The molecule has 1 heterocycles. The summed E-state index contributed by atoms with van der Waals surface area (Å²) in [5.74, 6) is 6.78. The molecule has 3 rings (SSSR count). The smallest absolute Gasteiger partial charge is 0.139 e. The lowest BCUT2D eigenvalue weighted by atomic mass is 10.1. The number of nitrogens with zero attached hydrogens (tertiary/aromatic N) is 1. The standard InChI is InChI=1S/C19H18N4/c20-13-22-11-15-7-5-14(6-8-15)9-10-18-17-4-2-1-3-16(17)12-23-19(18)21/h1-8,12,22H,11,13,20H2,(H2,21,23). The van der Waals surface area contributed by atoms with Crippen LogP contribution in [0, 0.1) is 11.8 Å². The van der Waals surface area contributed by atoms with Crippen molar-refractivity contribution in [3.05, 3.63) is 71.4 Å². The minimum Gasteiger partial charge on any atom is -0.383 e. The number of nitrogens with one attached hydrogen (secondary N) is 1. The van der Waals surface area contributed by atoms with Crippen LogP contribution in [-0.4, -0.2) is 11.7 Å². The van der Waals surface area contributed by atoms with E-state index in [9.17, 15) is 0 Å². The molecular weight excluding hydrogens is 284 g/mol.